The van der Waals surface area contributed by atoms with Gasteiger partial charge >= 0.3 is 0 Å². The van der Waals surface area contributed by atoms with E-state index in [0.29, 0.717) is 36.7 Å². The molecule has 200 valence electrons. The number of hydrogen-bond acceptors (Lipinski definition) is 5. The average Bonchev–Trinajstić information content (AvgIpc) is 2.84. The first-order valence-corrected chi connectivity index (χ1v) is 13.1. The first-order valence-electron chi connectivity index (χ1n) is 13.1. The number of carbonyl (C=O) groups is 2. The summed E-state index contributed by atoms with van der Waals surface area (Å²) in [4.78, 5) is 30.0. The Balaban J connectivity index is 1.60. The molecule has 7 nitrogen and oxygen atoms in total. The maximum absolute atomic E-state index is 13.5. The summed E-state index contributed by atoms with van der Waals surface area (Å²) >= 11 is 0. The van der Waals surface area contributed by atoms with E-state index in [1.54, 1.807) is 49.4 Å². The predicted octanol–water partition coefficient (Wildman–Crippen LogP) is 4.57. The minimum atomic E-state index is -0.255. The van der Waals surface area contributed by atoms with Crippen LogP contribution in [0.25, 0.3) is 0 Å². The monoisotopic (exact) mass is 511 g/mol. The Kier molecular flexibility index (Phi) is 8.82. The van der Waals surface area contributed by atoms with Crippen molar-refractivity contribution >= 4 is 17.5 Å². The first-order chi connectivity index (χ1) is 17.7. The molecule has 3 atom stereocenters. The highest BCUT2D eigenvalue weighted by Gasteiger charge is 2.29. The number of fused-ring (bicyclic) bond motifs is 1. The van der Waals surface area contributed by atoms with E-state index in [9.17, 15) is 14.0 Å². The molecule has 0 radical (unpaired) electrons. The van der Waals surface area contributed by atoms with Gasteiger partial charge in [-0.3, -0.25) is 14.5 Å². The molecule has 1 N–H and O–H groups in total. The number of methoxy groups -OCH3 is 1. The molecule has 1 saturated carbocycles. The fraction of sp³-hybridized carbons (Fsp3) is 0.517. The van der Waals surface area contributed by atoms with E-state index in [-0.39, 0.29) is 41.6 Å². The van der Waals surface area contributed by atoms with Gasteiger partial charge in [-0.05, 0) is 61.6 Å². The van der Waals surface area contributed by atoms with E-state index in [1.807, 2.05) is 0 Å². The summed E-state index contributed by atoms with van der Waals surface area (Å²) in [5, 5.41) is 2.96. The van der Waals surface area contributed by atoms with Gasteiger partial charge in [0.15, 0.2) is 0 Å². The summed E-state index contributed by atoms with van der Waals surface area (Å²) in [6.07, 6.45) is 2.71. The van der Waals surface area contributed by atoms with Crippen LogP contribution >= 0.6 is 0 Å². The molecular formula is C29H38FN3O4. The zero-order valence-corrected chi connectivity index (χ0v) is 22.2. The highest BCUT2D eigenvalue weighted by molar-refractivity contribution is 6.00. The zero-order valence-electron chi connectivity index (χ0n) is 22.2. The molecule has 37 heavy (non-hydrogen) atoms. The molecule has 2 amide bonds. The summed E-state index contributed by atoms with van der Waals surface area (Å²) in [5.74, 6) is 0.214. The van der Waals surface area contributed by atoms with Gasteiger partial charge in [-0.25, -0.2) is 4.39 Å². The third-order valence-electron chi connectivity index (χ3n) is 7.62. The first kappa shape index (κ1) is 27.1. The van der Waals surface area contributed by atoms with Crippen molar-refractivity contribution in [3.05, 3.63) is 59.4 Å². The number of likely N-dealkylation sites (N-methyl/N-ethyl adjacent to an activating group) is 1. The quantitative estimate of drug-likeness (QED) is 0.637. The van der Waals surface area contributed by atoms with E-state index >= 15 is 0 Å². The minimum Gasteiger partial charge on any atom is -0.491 e. The number of rotatable bonds is 5. The van der Waals surface area contributed by atoms with Crippen LogP contribution in [0.1, 0.15) is 49.0 Å². The number of ether oxygens (including phenoxy) is 2. The van der Waals surface area contributed by atoms with Crippen molar-refractivity contribution in [2.75, 3.05) is 39.2 Å². The Bertz CT molecular complexity index is 1090. The SMILES string of the molecule is CO[C@@H]1CN(C)C(=O)c2cc(NC(=O)C3CCC3)ccc2OC[C@@H](C)N(Cc2ccc(F)cc2)C[C@@H]1C. The second kappa shape index (κ2) is 12.0. The Hall–Kier alpha value is -2.97. The lowest BCUT2D eigenvalue weighted by Crippen LogP contribution is -2.46. The smallest absolute Gasteiger partial charge is 0.257 e. The summed E-state index contributed by atoms with van der Waals surface area (Å²) in [7, 11) is 3.43. The molecule has 4 rings (SSSR count). The van der Waals surface area contributed by atoms with Gasteiger partial charge in [0.1, 0.15) is 18.2 Å². The van der Waals surface area contributed by atoms with Crippen LogP contribution in [0.5, 0.6) is 5.75 Å². The van der Waals surface area contributed by atoms with Crippen LogP contribution in [0.3, 0.4) is 0 Å². The van der Waals surface area contributed by atoms with Crippen molar-refractivity contribution in [1.29, 1.82) is 0 Å². The van der Waals surface area contributed by atoms with E-state index in [1.165, 1.54) is 12.1 Å². The molecule has 1 fully saturated rings. The Morgan fingerprint density at radius 1 is 1.14 bits per heavy atom. The van der Waals surface area contributed by atoms with Crippen LogP contribution in [0.2, 0.25) is 0 Å². The van der Waals surface area contributed by atoms with E-state index in [2.05, 4.69) is 24.1 Å². The van der Waals surface area contributed by atoms with Crippen LogP contribution in [0, 0.1) is 17.7 Å². The van der Waals surface area contributed by atoms with Crippen molar-refractivity contribution in [2.45, 2.75) is 51.8 Å². The molecule has 1 heterocycles. The van der Waals surface area contributed by atoms with Crippen molar-refractivity contribution in [2.24, 2.45) is 11.8 Å². The molecule has 2 aliphatic rings. The van der Waals surface area contributed by atoms with Crippen molar-refractivity contribution in [1.82, 2.24) is 9.80 Å². The van der Waals surface area contributed by atoms with Crippen LogP contribution in [-0.2, 0) is 16.1 Å². The van der Waals surface area contributed by atoms with E-state index in [4.69, 9.17) is 9.47 Å². The fourth-order valence-electron chi connectivity index (χ4n) is 4.89. The number of amides is 2. The Labute approximate surface area is 218 Å². The van der Waals surface area contributed by atoms with Crippen molar-refractivity contribution in [3.8, 4) is 5.75 Å². The fourth-order valence-corrected chi connectivity index (χ4v) is 4.89. The molecule has 0 bridgehead atoms. The average molecular weight is 512 g/mol. The largest absolute Gasteiger partial charge is 0.491 e. The molecule has 0 unspecified atom stereocenters. The van der Waals surface area contributed by atoms with E-state index in [0.717, 1.165) is 31.4 Å². The highest BCUT2D eigenvalue weighted by Crippen LogP contribution is 2.30. The highest BCUT2D eigenvalue weighted by atomic mass is 19.1. The molecule has 1 aliphatic heterocycles. The molecule has 8 heteroatoms. The van der Waals surface area contributed by atoms with Gasteiger partial charge in [0.2, 0.25) is 5.91 Å². The van der Waals surface area contributed by atoms with Crippen LogP contribution < -0.4 is 10.1 Å². The number of benzene rings is 2. The van der Waals surface area contributed by atoms with Gasteiger partial charge in [0, 0.05) is 51.4 Å². The molecule has 2 aromatic rings. The zero-order chi connectivity index (χ0) is 26.5. The maximum atomic E-state index is 13.5. The second-order valence-electron chi connectivity index (χ2n) is 10.5. The number of hydrogen-bond donors (Lipinski definition) is 1. The summed E-state index contributed by atoms with van der Waals surface area (Å²) < 4.78 is 25.5. The number of nitrogens with one attached hydrogen (secondary N) is 1. The summed E-state index contributed by atoms with van der Waals surface area (Å²) in [6, 6.07) is 11.8. The normalized spacial score (nSPS) is 23.8. The van der Waals surface area contributed by atoms with E-state index < -0.39 is 0 Å². The van der Waals surface area contributed by atoms with Gasteiger partial charge in [-0.15, -0.1) is 0 Å². The third kappa shape index (κ3) is 6.67. The number of halogens is 1. The summed E-state index contributed by atoms with van der Waals surface area (Å²) in [6.45, 7) is 6.34. The standard InChI is InChI=1S/C29H38FN3O4/c1-19-15-33(16-21-8-10-23(30)11-9-21)20(2)18-37-26-13-12-24(31-28(34)22-6-5-7-22)14-25(26)29(35)32(3)17-27(19)36-4/h8-14,19-20,22,27H,5-7,15-18H2,1-4H3,(H,31,34)/t19-,20+,27+/m0/s1. The Morgan fingerprint density at radius 2 is 1.86 bits per heavy atom. The molecule has 2 aromatic carbocycles. The van der Waals surface area contributed by atoms with Gasteiger partial charge < -0.3 is 19.7 Å². The molecule has 0 aromatic heterocycles. The van der Waals surface area contributed by atoms with Crippen LogP contribution in [0.15, 0.2) is 42.5 Å². The lowest BCUT2D eigenvalue weighted by atomic mass is 9.85. The van der Waals surface area contributed by atoms with Crippen molar-refractivity contribution in [3.63, 3.8) is 0 Å². The minimum absolute atomic E-state index is 0.000551. The third-order valence-corrected chi connectivity index (χ3v) is 7.62. The van der Waals surface area contributed by atoms with Gasteiger partial charge in [-0.1, -0.05) is 25.5 Å². The molecule has 0 saturated heterocycles. The molecule has 1 aliphatic carbocycles. The van der Waals surface area contributed by atoms with Gasteiger partial charge in [0.05, 0.1) is 11.7 Å². The molecule has 0 spiro atoms. The van der Waals surface area contributed by atoms with Gasteiger partial charge in [-0.2, -0.15) is 0 Å². The number of anilines is 1. The number of nitrogens with zero attached hydrogens (tertiary/aromatic N) is 2. The lowest BCUT2D eigenvalue weighted by molar-refractivity contribution is -0.122. The number of carbonyl (C=O) groups excluding carboxylic acids is 2. The predicted molar refractivity (Wildman–Crippen MR) is 141 cm³/mol. The summed E-state index contributed by atoms with van der Waals surface area (Å²) in [5.41, 5.74) is 2.02. The maximum Gasteiger partial charge on any atom is 0.257 e. The topological polar surface area (TPSA) is 71.1 Å². The Morgan fingerprint density at radius 3 is 2.51 bits per heavy atom. The van der Waals surface area contributed by atoms with Crippen LogP contribution in [-0.4, -0.2) is 67.6 Å². The van der Waals surface area contributed by atoms with Crippen molar-refractivity contribution < 1.29 is 23.5 Å². The van der Waals surface area contributed by atoms with Crippen LogP contribution in [0.4, 0.5) is 10.1 Å². The second-order valence-corrected chi connectivity index (χ2v) is 10.5. The van der Waals surface area contributed by atoms with Gasteiger partial charge in [0.25, 0.3) is 5.91 Å². The lowest BCUT2D eigenvalue weighted by Gasteiger charge is -2.36. The molecular weight excluding hydrogens is 473 g/mol.